The molecule has 1 aliphatic heterocycles. The van der Waals surface area contributed by atoms with Crippen molar-refractivity contribution in [3.63, 3.8) is 0 Å². The summed E-state index contributed by atoms with van der Waals surface area (Å²) < 4.78 is 0.530. The standard InChI is InChI=1S/C9H15N5O2/c10-7-5-8(12-9(11)14(7)16)13-3-1-6(15)2-4-13/h5-6,10,15-16H,1-4H2,(H2,11,12). The Morgan fingerprint density at radius 3 is 2.62 bits per heavy atom. The van der Waals surface area contributed by atoms with Gasteiger partial charge in [0, 0.05) is 19.2 Å². The number of hydrogen-bond donors (Lipinski definition) is 4. The van der Waals surface area contributed by atoms with E-state index in [2.05, 4.69) is 4.98 Å². The lowest BCUT2D eigenvalue weighted by atomic mass is 10.1. The number of aliphatic hydroxyl groups excluding tert-OH is 1. The third-order valence-corrected chi connectivity index (χ3v) is 2.73. The van der Waals surface area contributed by atoms with E-state index in [9.17, 15) is 10.3 Å². The Balaban J connectivity index is 2.24. The minimum Gasteiger partial charge on any atom is -0.423 e. The van der Waals surface area contributed by atoms with Crippen LogP contribution in [0.3, 0.4) is 0 Å². The zero-order chi connectivity index (χ0) is 11.7. The van der Waals surface area contributed by atoms with Crippen LogP contribution in [-0.4, -0.2) is 39.2 Å². The molecule has 1 aliphatic rings. The van der Waals surface area contributed by atoms with Crippen molar-refractivity contribution in [1.82, 2.24) is 9.71 Å². The number of anilines is 2. The molecule has 0 radical (unpaired) electrons. The Morgan fingerprint density at radius 2 is 2.06 bits per heavy atom. The number of piperidine rings is 1. The smallest absolute Gasteiger partial charge is 0.238 e. The maximum absolute atomic E-state index is 9.37. The molecule has 1 fully saturated rings. The molecule has 16 heavy (non-hydrogen) atoms. The van der Waals surface area contributed by atoms with Gasteiger partial charge in [-0.25, -0.2) is 0 Å². The third kappa shape index (κ3) is 1.94. The van der Waals surface area contributed by atoms with Crippen LogP contribution in [0.15, 0.2) is 6.07 Å². The summed E-state index contributed by atoms with van der Waals surface area (Å²) in [5, 5.41) is 26.1. The zero-order valence-electron chi connectivity index (χ0n) is 8.80. The van der Waals surface area contributed by atoms with E-state index in [4.69, 9.17) is 11.1 Å². The third-order valence-electron chi connectivity index (χ3n) is 2.73. The molecule has 7 heteroatoms. The van der Waals surface area contributed by atoms with Gasteiger partial charge >= 0.3 is 0 Å². The second kappa shape index (κ2) is 4.01. The molecule has 0 bridgehead atoms. The monoisotopic (exact) mass is 225 g/mol. The molecule has 1 aromatic rings. The quantitative estimate of drug-likeness (QED) is 0.465. The number of nitrogens with two attached hydrogens (primary N) is 1. The molecule has 5 N–H and O–H groups in total. The van der Waals surface area contributed by atoms with E-state index in [0.717, 1.165) is 0 Å². The van der Waals surface area contributed by atoms with Gasteiger partial charge in [0.25, 0.3) is 0 Å². The van der Waals surface area contributed by atoms with Crippen LogP contribution in [0.4, 0.5) is 11.8 Å². The highest BCUT2D eigenvalue weighted by molar-refractivity contribution is 5.41. The summed E-state index contributed by atoms with van der Waals surface area (Å²) in [6.07, 6.45) is 1.11. The lowest BCUT2D eigenvalue weighted by Gasteiger charge is -2.30. The number of rotatable bonds is 1. The molecule has 0 aliphatic carbocycles. The van der Waals surface area contributed by atoms with Crippen molar-refractivity contribution in [2.24, 2.45) is 0 Å². The van der Waals surface area contributed by atoms with Gasteiger partial charge < -0.3 is 20.9 Å². The van der Waals surface area contributed by atoms with E-state index in [1.54, 1.807) is 0 Å². The number of hydrogen-bond acceptors (Lipinski definition) is 6. The Morgan fingerprint density at radius 1 is 1.44 bits per heavy atom. The molecule has 0 unspecified atom stereocenters. The fourth-order valence-corrected chi connectivity index (χ4v) is 1.76. The van der Waals surface area contributed by atoms with Crippen molar-refractivity contribution in [1.29, 1.82) is 5.41 Å². The van der Waals surface area contributed by atoms with E-state index >= 15 is 0 Å². The van der Waals surface area contributed by atoms with E-state index < -0.39 is 0 Å². The molecule has 1 aromatic heterocycles. The highest BCUT2D eigenvalue weighted by atomic mass is 16.5. The predicted molar refractivity (Wildman–Crippen MR) is 57.1 cm³/mol. The van der Waals surface area contributed by atoms with E-state index in [1.807, 2.05) is 4.90 Å². The first-order chi connectivity index (χ1) is 7.58. The zero-order valence-corrected chi connectivity index (χ0v) is 8.80. The number of aliphatic hydroxyl groups is 1. The SMILES string of the molecule is N=c1cc(N2CCC(O)CC2)nc(N)n1O. The minimum absolute atomic E-state index is 0.103. The summed E-state index contributed by atoms with van der Waals surface area (Å²) in [5.41, 5.74) is 5.36. The molecule has 88 valence electrons. The fraction of sp³-hybridized carbons (Fsp3) is 0.556. The summed E-state index contributed by atoms with van der Waals surface area (Å²) in [5.74, 6) is 0.466. The topological polar surface area (TPSA) is 111 Å². The highest BCUT2D eigenvalue weighted by Crippen LogP contribution is 2.16. The van der Waals surface area contributed by atoms with Crippen LogP contribution in [0.2, 0.25) is 0 Å². The molecule has 1 saturated heterocycles. The van der Waals surface area contributed by atoms with E-state index in [-0.39, 0.29) is 17.5 Å². The van der Waals surface area contributed by atoms with Crippen LogP contribution in [0.25, 0.3) is 0 Å². The largest absolute Gasteiger partial charge is 0.423 e. The van der Waals surface area contributed by atoms with Gasteiger partial charge in [0.05, 0.1) is 6.10 Å². The van der Waals surface area contributed by atoms with Crippen molar-refractivity contribution in [2.45, 2.75) is 18.9 Å². The average molecular weight is 225 g/mol. The molecule has 0 atom stereocenters. The van der Waals surface area contributed by atoms with E-state index in [0.29, 0.717) is 36.5 Å². The lowest BCUT2D eigenvalue weighted by molar-refractivity contribution is 0.145. The van der Waals surface area contributed by atoms with Gasteiger partial charge in [-0.2, -0.15) is 4.98 Å². The first-order valence-corrected chi connectivity index (χ1v) is 5.14. The van der Waals surface area contributed by atoms with Crippen molar-refractivity contribution in [3.8, 4) is 0 Å². The summed E-state index contributed by atoms with van der Waals surface area (Å²) in [6, 6.07) is 1.45. The van der Waals surface area contributed by atoms with Gasteiger partial charge in [-0.05, 0) is 12.8 Å². The Hall–Kier alpha value is -1.76. The van der Waals surface area contributed by atoms with Crippen LogP contribution in [0.1, 0.15) is 12.8 Å². The van der Waals surface area contributed by atoms with Crippen LogP contribution in [-0.2, 0) is 0 Å². The summed E-state index contributed by atoms with van der Waals surface area (Å²) in [4.78, 5) is 5.94. The van der Waals surface area contributed by atoms with Gasteiger partial charge in [-0.15, -0.1) is 4.73 Å². The molecule has 0 spiro atoms. The molecular formula is C9H15N5O2. The van der Waals surface area contributed by atoms with Gasteiger partial charge in [-0.1, -0.05) is 0 Å². The van der Waals surface area contributed by atoms with Crippen molar-refractivity contribution >= 4 is 11.8 Å². The van der Waals surface area contributed by atoms with Gasteiger partial charge in [-0.3, -0.25) is 5.41 Å². The Bertz CT molecular complexity index is 436. The first kappa shape index (κ1) is 10.7. The molecule has 7 nitrogen and oxygen atoms in total. The summed E-state index contributed by atoms with van der Waals surface area (Å²) in [7, 11) is 0. The first-order valence-electron chi connectivity index (χ1n) is 5.14. The molecule has 0 saturated carbocycles. The molecule has 2 rings (SSSR count). The Labute approximate surface area is 92.2 Å². The average Bonchev–Trinajstić information content (AvgIpc) is 2.26. The predicted octanol–water partition coefficient (Wildman–Crippen LogP) is -0.857. The van der Waals surface area contributed by atoms with Gasteiger partial charge in [0.2, 0.25) is 5.95 Å². The lowest BCUT2D eigenvalue weighted by Crippen LogP contribution is -2.37. The van der Waals surface area contributed by atoms with Crippen LogP contribution in [0, 0.1) is 5.41 Å². The molecule has 0 amide bonds. The number of nitrogen functional groups attached to an aromatic ring is 1. The molecule has 2 heterocycles. The van der Waals surface area contributed by atoms with Crippen molar-refractivity contribution in [3.05, 3.63) is 11.6 Å². The number of nitrogens with one attached hydrogen (secondary N) is 1. The molecule has 0 aromatic carbocycles. The van der Waals surface area contributed by atoms with E-state index in [1.165, 1.54) is 6.07 Å². The number of aromatic nitrogens is 2. The molecular weight excluding hydrogens is 210 g/mol. The normalized spacial score (nSPS) is 17.7. The maximum Gasteiger partial charge on any atom is 0.238 e. The van der Waals surface area contributed by atoms with Gasteiger partial charge in [0.1, 0.15) is 5.82 Å². The van der Waals surface area contributed by atoms with Crippen molar-refractivity contribution in [2.75, 3.05) is 23.7 Å². The van der Waals surface area contributed by atoms with Crippen LogP contribution < -0.4 is 16.1 Å². The summed E-state index contributed by atoms with van der Waals surface area (Å²) >= 11 is 0. The summed E-state index contributed by atoms with van der Waals surface area (Å²) in [6.45, 7) is 1.37. The van der Waals surface area contributed by atoms with Crippen LogP contribution >= 0.6 is 0 Å². The van der Waals surface area contributed by atoms with Crippen molar-refractivity contribution < 1.29 is 10.3 Å². The highest BCUT2D eigenvalue weighted by Gasteiger charge is 2.18. The Kier molecular flexibility index (Phi) is 2.69. The second-order valence-electron chi connectivity index (χ2n) is 3.89. The van der Waals surface area contributed by atoms with Gasteiger partial charge in [0.15, 0.2) is 5.49 Å². The number of nitrogens with zero attached hydrogens (tertiary/aromatic N) is 3. The van der Waals surface area contributed by atoms with Crippen LogP contribution in [0.5, 0.6) is 0 Å². The minimum atomic E-state index is -0.254. The second-order valence-corrected chi connectivity index (χ2v) is 3.89. The fourth-order valence-electron chi connectivity index (χ4n) is 1.76. The maximum atomic E-state index is 9.37.